The third-order valence-corrected chi connectivity index (χ3v) is 5.03. The zero-order chi connectivity index (χ0) is 18.7. The second-order valence-electron chi connectivity index (χ2n) is 9.32. The third kappa shape index (κ3) is 6.34. The van der Waals surface area contributed by atoms with Crippen LogP contribution in [-0.4, -0.2) is 25.9 Å². The molecule has 0 saturated heterocycles. The van der Waals surface area contributed by atoms with Gasteiger partial charge in [0.2, 0.25) is 0 Å². The van der Waals surface area contributed by atoms with Crippen LogP contribution in [0.2, 0.25) is 0 Å². The maximum absolute atomic E-state index is 6.20. The molecule has 0 N–H and O–H groups in total. The Bertz CT molecular complexity index is 520. The van der Waals surface area contributed by atoms with Gasteiger partial charge in [-0.2, -0.15) is 0 Å². The van der Waals surface area contributed by atoms with Crippen molar-refractivity contribution in [2.45, 2.75) is 78.9 Å². The van der Waals surface area contributed by atoms with E-state index in [1.54, 1.807) is 7.11 Å². The van der Waals surface area contributed by atoms with Crippen molar-refractivity contribution in [2.75, 3.05) is 7.11 Å². The first-order valence-corrected chi connectivity index (χ1v) is 9.56. The van der Waals surface area contributed by atoms with Crippen molar-refractivity contribution in [1.29, 1.82) is 0 Å². The molecule has 0 radical (unpaired) electrons. The molecular formula is C21H35BO3. The van der Waals surface area contributed by atoms with Gasteiger partial charge in [0.15, 0.2) is 0 Å². The van der Waals surface area contributed by atoms with Crippen LogP contribution in [0.25, 0.3) is 0 Å². The largest absolute Gasteiger partial charge is 0.494 e. The molecule has 0 aromatic heterocycles. The summed E-state index contributed by atoms with van der Waals surface area (Å²) in [6, 6.07) is 8.14. The highest BCUT2D eigenvalue weighted by Crippen LogP contribution is 2.38. The minimum absolute atomic E-state index is 0.248. The molecule has 0 heterocycles. The van der Waals surface area contributed by atoms with Crippen molar-refractivity contribution in [3.8, 4) is 5.75 Å². The topological polar surface area (TPSA) is 27.7 Å². The fourth-order valence-corrected chi connectivity index (χ4v) is 3.52. The fraction of sp³-hybridized carbons (Fsp3) is 0.714. The summed E-state index contributed by atoms with van der Waals surface area (Å²) in [4.78, 5) is 0. The predicted octanol–water partition coefficient (Wildman–Crippen LogP) is 4.83. The summed E-state index contributed by atoms with van der Waals surface area (Å²) in [7, 11) is 1.32. The molecule has 140 valence electrons. The zero-order valence-corrected chi connectivity index (χ0v) is 17.1. The Morgan fingerprint density at radius 2 is 1.44 bits per heavy atom. The van der Waals surface area contributed by atoms with E-state index >= 15 is 0 Å². The quantitative estimate of drug-likeness (QED) is 0.715. The molecule has 1 aromatic carbocycles. The minimum atomic E-state index is -0.351. The first-order valence-electron chi connectivity index (χ1n) is 9.56. The van der Waals surface area contributed by atoms with Gasteiger partial charge in [-0.05, 0) is 75.4 Å². The second-order valence-corrected chi connectivity index (χ2v) is 9.32. The lowest BCUT2D eigenvalue weighted by atomic mass is 9.72. The summed E-state index contributed by atoms with van der Waals surface area (Å²) in [6.07, 6.45) is 5.16. The van der Waals surface area contributed by atoms with Crippen molar-refractivity contribution in [3.05, 3.63) is 24.3 Å². The van der Waals surface area contributed by atoms with Crippen LogP contribution in [0.4, 0.5) is 0 Å². The molecule has 4 heteroatoms. The van der Waals surface area contributed by atoms with Crippen molar-refractivity contribution in [2.24, 2.45) is 11.3 Å². The van der Waals surface area contributed by atoms with Crippen molar-refractivity contribution < 1.29 is 14.0 Å². The number of hydrogen-bond donors (Lipinski definition) is 0. The van der Waals surface area contributed by atoms with E-state index in [0.717, 1.165) is 30.0 Å². The molecule has 2 rings (SSSR count). The van der Waals surface area contributed by atoms with Gasteiger partial charge in [0.25, 0.3) is 0 Å². The molecule has 3 nitrogen and oxygen atoms in total. The van der Waals surface area contributed by atoms with Gasteiger partial charge < -0.3 is 14.0 Å². The summed E-state index contributed by atoms with van der Waals surface area (Å²) in [5.74, 6) is 1.75. The molecular weight excluding hydrogens is 311 g/mol. The lowest BCUT2D eigenvalue weighted by molar-refractivity contribution is 0.0882. The monoisotopic (exact) mass is 346 g/mol. The number of benzene rings is 1. The van der Waals surface area contributed by atoms with Crippen molar-refractivity contribution >= 4 is 12.6 Å². The van der Waals surface area contributed by atoms with Crippen LogP contribution < -0.4 is 10.2 Å². The summed E-state index contributed by atoms with van der Waals surface area (Å²) in [5, 5.41) is 0. The van der Waals surface area contributed by atoms with Crippen LogP contribution in [0, 0.1) is 11.3 Å². The summed E-state index contributed by atoms with van der Waals surface area (Å²) >= 11 is 0. The van der Waals surface area contributed by atoms with Crippen LogP contribution in [0.5, 0.6) is 5.75 Å². The highest BCUT2D eigenvalue weighted by Gasteiger charge is 2.30. The molecule has 1 fully saturated rings. The van der Waals surface area contributed by atoms with Crippen LogP contribution in [-0.2, 0) is 9.31 Å². The Kier molecular flexibility index (Phi) is 6.61. The molecule has 1 aliphatic rings. The van der Waals surface area contributed by atoms with Gasteiger partial charge in [0, 0.05) is 12.7 Å². The van der Waals surface area contributed by atoms with Crippen LogP contribution in [0.1, 0.15) is 67.2 Å². The third-order valence-electron chi connectivity index (χ3n) is 5.03. The van der Waals surface area contributed by atoms with Gasteiger partial charge >= 0.3 is 7.12 Å². The molecule has 1 saturated carbocycles. The first-order chi connectivity index (χ1) is 11.6. The minimum Gasteiger partial charge on any atom is -0.490 e. The highest BCUT2D eigenvalue weighted by molar-refractivity contribution is 6.61. The summed E-state index contributed by atoms with van der Waals surface area (Å²) in [5.41, 5.74) is 1.18. The number of rotatable bonds is 5. The molecule has 1 aliphatic carbocycles. The van der Waals surface area contributed by atoms with Gasteiger partial charge in [-0.1, -0.05) is 32.9 Å². The molecule has 0 unspecified atom stereocenters. The van der Waals surface area contributed by atoms with Gasteiger partial charge in [-0.15, -0.1) is 0 Å². The molecule has 0 bridgehead atoms. The van der Waals surface area contributed by atoms with Gasteiger partial charge in [-0.3, -0.25) is 0 Å². The zero-order valence-electron chi connectivity index (χ0n) is 17.1. The van der Waals surface area contributed by atoms with E-state index in [1.807, 2.05) is 45.0 Å². The van der Waals surface area contributed by atoms with Gasteiger partial charge in [-0.25, -0.2) is 0 Å². The molecule has 25 heavy (non-hydrogen) atoms. The molecule has 1 aromatic rings. The lowest BCUT2D eigenvalue weighted by Gasteiger charge is -2.37. The lowest BCUT2D eigenvalue weighted by Crippen LogP contribution is -2.41. The predicted molar refractivity (Wildman–Crippen MR) is 106 cm³/mol. The Morgan fingerprint density at radius 3 is 1.88 bits per heavy atom. The van der Waals surface area contributed by atoms with Crippen molar-refractivity contribution in [1.82, 2.24) is 0 Å². The van der Waals surface area contributed by atoms with E-state index < -0.39 is 0 Å². The summed E-state index contributed by atoms with van der Waals surface area (Å²) < 4.78 is 17.6. The van der Waals surface area contributed by atoms with E-state index in [-0.39, 0.29) is 12.7 Å². The summed E-state index contributed by atoms with van der Waals surface area (Å²) in [6.45, 7) is 13.1. The Morgan fingerprint density at radius 1 is 0.880 bits per heavy atom. The van der Waals surface area contributed by atoms with Gasteiger partial charge in [0.1, 0.15) is 5.75 Å². The average Bonchev–Trinajstić information content (AvgIpc) is 2.52. The smallest absolute Gasteiger partial charge is 0.490 e. The highest BCUT2D eigenvalue weighted by atomic mass is 16.6. The Balaban J connectivity index is 1.90. The number of ether oxygens (including phenoxy) is 1. The van der Waals surface area contributed by atoms with E-state index in [1.165, 1.54) is 12.8 Å². The maximum atomic E-state index is 6.20. The molecule has 0 spiro atoms. The maximum Gasteiger partial charge on any atom is 0.494 e. The Hall–Kier alpha value is -0.995. The molecule has 0 aliphatic heterocycles. The second kappa shape index (κ2) is 8.13. The molecule has 0 atom stereocenters. The fourth-order valence-electron chi connectivity index (χ4n) is 3.52. The van der Waals surface area contributed by atoms with E-state index in [4.69, 9.17) is 14.0 Å². The normalized spacial score (nSPS) is 21.9. The van der Waals surface area contributed by atoms with Crippen molar-refractivity contribution in [3.63, 3.8) is 0 Å². The van der Waals surface area contributed by atoms with Crippen LogP contribution in [0.15, 0.2) is 24.3 Å². The van der Waals surface area contributed by atoms with E-state index in [0.29, 0.717) is 11.5 Å². The molecule has 0 amide bonds. The standard InChI is InChI=1S/C21H35BO3/c1-20(2,3)16-8-12-18(13-9-16)24-19-14-10-17(11-15-19)22(23-7)25-21(4,5)6/h10-11,14-16,18H,8-9,12-13H2,1-7H3. The number of hydrogen-bond acceptors (Lipinski definition) is 3. The Labute approximate surface area is 154 Å². The van der Waals surface area contributed by atoms with E-state index in [9.17, 15) is 0 Å². The van der Waals surface area contributed by atoms with E-state index in [2.05, 4.69) is 20.8 Å². The van der Waals surface area contributed by atoms with Crippen LogP contribution >= 0.6 is 0 Å². The average molecular weight is 346 g/mol. The SMILES string of the molecule is COB(OC(C)(C)C)c1ccc(OC2CCC(C(C)(C)C)CC2)cc1. The van der Waals surface area contributed by atoms with Crippen LogP contribution in [0.3, 0.4) is 0 Å². The van der Waals surface area contributed by atoms with Gasteiger partial charge in [0.05, 0.1) is 6.10 Å². The first kappa shape index (κ1) is 20.3.